The Balaban J connectivity index is 1.48. The third-order valence-electron chi connectivity index (χ3n) is 4.67. The van der Waals surface area contributed by atoms with Crippen LogP contribution in [-0.2, 0) is 11.3 Å². The van der Waals surface area contributed by atoms with Crippen LogP contribution in [0.3, 0.4) is 0 Å². The summed E-state index contributed by atoms with van der Waals surface area (Å²) in [6.07, 6.45) is 5.29. The van der Waals surface area contributed by atoms with Gasteiger partial charge < -0.3 is 9.32 Å². The highest BCUT2D eigenvalue weighted by Crippen LogP contribution is 2.15. The van der Waals surface area contributed by atoms with Gasteiger partial charge in [0, 0.05) is 32.3 Å². The van der Waals surface area contributed by atoms with Gasteiger partial charge in [-0.1, -0.05) is 38.1 Å². The fraction of sp³-hybridized carbons (Fsp3) is 0.381. The Kier molecular flexibility index (Phi) is 5.71. The first kappa shape index (κ1) is 17.5. The Morgan fingerprint density at radius 3 is 2.44 bits per heavy atom. The van der Waals surface area contributed by atoms with E-state index in [4.69, 9.17) is 4.42 Å². The summed E-state index contributed by atoms with van der Waals surface area (Å²) in [7, 11) is 0. The van der Waals surface area contributed by atoms with E-state index >= 15 is 0 Å². The lowest BCUT2D eigenvalue weighted by atomic mass is 10.0. The number of furan rings is 1. The summed E-state index contributed by atoms with van der Waals surface area (Å²) in [6, 6.07) is 12.3. The molecule has 1 fully saturated rings. The molecule has 4 heteroatoms. The van der Waals surface area contributed by atoms with Crippen LogP contribution in [0.4, 0.5) is 0 Å². The average Bonchev–Trinajstić information content (AvgIpc) is 3.13. The van der Waals surface area contributed by atoms with E-state index in [0.717, 1.165) is 44.0 Å². The summed E-state index contributed by atoms with van der Waals surface area (Å²) in [5.41, 5.74) is 2.38. The van der Waals surface area contributed by atoms with Crippen LogP contribution >= 0.6 is 0 Å². The molecular formula is C21H26N2O2. The van der Waals surface area contributed by atoms with Crippen LogP contribution in [0.5, 0.6) is 0 Å². The largest absolute Gasteiger partial charge is 0.468 e. The second-order valence-electron chi connectivity index (χ2n) is 6.84. The number of hydrogen-bond donors (Lipinski definition) is 0. The molecule has 0 radical (unpaired) electrons. The topological polar surface area (TPSA) is 36.7 Å². The van der Waals surface area contributed by atoms with Gasteiger partial charge in [-0.25, -0.2) is 0 Å². The van der Waals surface area contributed by atoms with Gasteiger partial charge in [0.2, 0.25) is 5.91 Å². The van der Waals surface area contributed by atoms with Crippen molar-refractivity contribution in [3.05, 3.63) is 65.6 Å². The van der Waals surface area contributed by atoms with Crippen molar-refractivity contribution in [3.8, 4) is 0 Å². The van der Waals surface area contributed by atoms with Crippen LogP contribution in [0.15, 0.2) is 53.2 Å². The van der Waals surface area contributed by atoms with E-state index in [1.54, 1.807) is 12.3 Å². The predicted molar refractivity (Wildman–Crippen MR) is 100 cm³/mol. The molecule has 25 heavy (non-hydrogen) atoms. The van der Waals surface area contributed by atoms with Crippen LogP contribution in [-0.4, -0.2) is 41.9 Å². The Hall–Kier alpha value is -2.33. The van der Waals surface area contributed by atoms with E-state index in [2.05, 4.69) is 43.0 Å². The van der Waals surface area contributed by atoms with Gasteiger partial charge in [0.25, 0.3) is 0 Å². The van der Waals surface area contributed by atoms with Crippen molar-refractivity contribution >= 4 is 12.0 Å². The van der Waals surface area contributed by atoms with Crippen molar-refractivity contribution < 1.29 is 9.21 Å². The molecule has 1 saturated heterocycles. The maximum absolute atomic E-state index is 12.4. The molecule has 1 aliphatic heterocycles. The molecule has 0 spiro atoms. The van der Waals surface area contributed by atoms with Crippen molar-refractivity contribution in [3.63, 3.8) is 0 Å². The highest BCUT2D eigenvalue weighted by atomic mass is 16.3. The maximum Gasteiger partial charge on any atom is 0.246 e. The minimum absolute atomic E-state index is 0.0885. The first-order valence-corrected chi connectivity index (χ1v) is 8.93. The molecule has 0 unspecified atom stereocenters. The van der Waals surface area contributed by atoms with E-state index in [1.165, 1.54) is 5.56 Å². The zero-order valence-corrected chi connectivity index (χ0v) is 15.0. The molecule has 132 valence electrons. The second-order valence-corrected chi connectivity index (χ2v) is 6.84. The van der Waals surface area contributed by atoms with Crippen LogP contribution in [0.25, 0.3) is 6.08 Å². The Labute approximate surface area is 149 Å². The smallest absolute Gasteiger partial charge is 0.246 e. The van der Waals surface area contributed by atoms with E-state index in [0.29, 0.717) is 5.92 Å². The van der Waals surface area contributed by atoms with Crippen molar-refractivity contribution in [1.29, 1.82) is 0 Å². The number of carbonyl (C=O) groups excluding carboxylic acids is 1. The zero-order chi connectivity index (χ0) is 17.6. The summed E-state index contributed by atoms with van der Waals surface area (Å²) >= 11 is 0. The molecular weight excluding hydrogens is 312 g/mol. The lowest BCUT2D eigenvalue weighted by Gasteiger charge is -2.33. The molecule has 2 heterocycles. The number of hydrogen-bond acceptors (Lipinski definition) is 3. The molecule has 1 aromatic carbocycles. The Bertz CT molecular complexity index is 694. The van der Waals surface area contributed by atoms with E-state index in [9.17, 15) is 4.79 Å². The summed E-state index contributed by atoms with van der Waals surface area (Å²) < 4.78 is 5.39. The number of carbonyl (C=O) groups is 1. The van der Waals surface area contributed by atoms with E-state index in [1.807, 2.05) is 23.1 Å². The quantitative estimate of drug-likeness (QED) is 0.779. The van der Waals surface area contributed by atoms with Crippen molar-refractivity contribution in [2.45, 2.75) is 26.3 Å². The average molecular weight is 338 g/mol. The van der Waals surface area contributed by atoms with E-state index in [-0.39, 0.29) is 5.91 Å². The number of amides is 1. The van der Waals surface area contributed by atoms with Gasteiger partial charge in [0.15, 0.2) is 0 Å². The summed E-state index contributed by atoms with van der Waals surface area (Å²) in [6.45, 7) is 8.45. The van der Waals surface area contributed by atoms with Gasteiger partial charge in [0.1, 0.15) is 5.76 Å². The van der Waals surface area contributed by atoms with Gasteiger partial charge >= 0.3 is 0 Å². The number of rotatable bonds is 5. The monoisotopic (exact) mass is 338 g/mol. The third-order valence-corrected chi connectivity index (χ3v) is 4.67. The minimum atomic E-state index is 0.0885. The standard InChI is InChI=1S/C21H26N2O2/c1-17(2)19-8-5-18(6-9-19)7-10-21(24)23-13-11-22(12-14-23)16-20-4-3-15-25-20/h3-10,15,17H,11-14,16H2,1-2H3/b10-7+. The molecule has 0 aliphatic carbocycles. The molecule has 0 saturated carbocycles. The SMILES string of the molecule is CC(C)c1ccc(/C=C/C(=O)N2CCN(Cc3ccco3)CC2)cc1. The van der Waals surface area contributed by atoms with Gasteiger partial charge in [-0.2, -0.15) is 0 Å². The molecule has 1 aromatic heterocycles. The number of benzene rings is 1. The van der Waals surface area contributed by atoms with Crippen LogP contribution in [0, 0.1) is 0 Å². The molecule has 4 nitrogen and oxygen atoms in total. The molecule has 3 rings (SSSR count). The molecule has 0 bridgehead atoms. The van der Waals surface area contributed by atoms with Gasteiger partial charge in [-0.15, -0.1) is 0 Å². The molecule has 0 atom stereocenters. The van der Waals surface area contributed by atoms with Gasteiger partial charge in [-0.05, 0) is 35.3 Å². The Morgan fingerprint density at radius 2 is 1.84 bits per heavy atom. The van der Waals surface area contributed by atoms with E-state index < -0.39 is 0 Å². The van der Waals surface area contributed by atoms with Crippen molar-refractivity contribution in [1.82, 2.24) is 9.80 Å². The lowest BCUT2D eigenvalue weighted by Crippen LogP contribution is -2.47. The van der Waals surface area contributed by atoms with Crippen LogP contribution in [0.2, 0.25) is 0 Å². The molecule has 0 N–H and O–H groups in total. The normalized spacial score (nSPS) is 16.0. The van der Waals surface area contributed by atoms with Crippen LogP contribution < -0.4 is 0 Å². The van der Waals surface area contributed by atoms with Gasteiger partial charge in [0.05, 0.1) is 12.8 Å². The maximum atomic E-state index is 12.4. The number of nitrogens with zero attached hydrogens (tertiary/aromatic N) is 2. The first-order valence-electron chi connectivity index (χ1n) is 8.93. The van der Waals surface area contributed by atoms with Gasteiger partial charge in [-0.3, -0.25) is 9.69 Å². The Morgan fingerprint density at radius 1 is 1.12 bits per heavy atom. The summed E-state index contributed by atoms with van der Waals surface area (Å²) in [4.78, 5) is 16.6. The molecule has 1 amide bonds. The zero-order valence-electron chi connectivity index (χ0n) is 15.0. The highest BCUT2D eigenvalue weighted by Gasteiger charge is 2.20. The second kappa shape index (κ2) is 8.17. The predicted octanol–water partition coefficient (Wildman–Crippen LogP) is 3.76. The minimum Gasteiger partial charge on any atom is -0.468 e. The van der Waals surface area contributed by atoms with Crippen LogP contribution in [0.1, 0.15) is 36.7 Å². The van der Waals surface area contributed by atoms with Crippen molar-refractivity contribution in [2.75, 3.05) is 26.2 Å². The summed E-state index contributed by atoms with van der Waals surface area (Å²) in [5.74, 6) is 1.59. The lowest BCUT2D eigenvalue weighted by molar-refractivity contribution is -0.127. The fourth-order valence-electron chi connectivity index (χ4n) is 3.01. The highest BCUT2D eigenvalue weighted by molar-refractivity contribution is 5.91. The summed E-state index contributed by atoms with van der Waals surface area (Å²) in [5, 5.41) is 0. The fourth-order valence-corrected chi connectivity index (χ4v) is 3.01. The molecule has 1 aliphatic rings. The first-order chi connectivity index (χ1) is 12.1. The molecule has 2 aromatic rings. The number of piperazine rings is 1. The van der Waals surface area contributed by atoms with Crippen molar-refractivity contribution in [2.24, 2.45) is 0 Å². The third kappa shape index (κ3) is 4.83.